The predicted molar refractivity (Wildman–Crippen MR) is 107 cm³/mol. The summed E-state index contributed by atoms with van der Waals surface area (Å²) in [5, 5.41) is 0.267. The largest absolute Gasteiger partial charge is 0.402 e. The van der Waals surface area contributed by atoms with Crippen molar-refractivity contribution < 1.29 is 18.0 Å². The number of pyridine rings is 1. The molecule has 3 atom stereocenters. The van der Waals surface area contributed by atoms with Gasteiger partial charge < -0.3 is 4.90 Å². The summed E-state index contributed by atoms with van der Waals surface area (Å²) in [7, 11) is 1.66. The molecule has 0 bridgehead atoms. The lowest BCUT2D eigenvalue weighted by Gasteiger charge is -2.42. The van der Waals surface area contributed by atoms with Crippen LogP contribution in [-0.2, 0) is 16.6 Å². The fraction of sp³-hybridized carbons (Fsp3) is 0.391. The Balaban J connectivity index is 1.86. The van der Waals surface area contributed by atoms with Crippen molar-refractivity contribution in [3.8, 4) is 0 Å². The number of carbonyl (C=O) groups excluding carboxylic acids is 1. The molecule has 0 saturated heterocycles. The third-order valence-corrected chi connectivity index (χ3v) is 7.04. The van der Waals surface area contributed by atoms with Gasteiger partial charge in [0.05, 0.1) is 0 Å². The second-order valence-corrected chi connectivity index (χ2v) is 8.89. The van der Waals surface area contributed by atoms with Gasteiger partial charge in [0, 0.05) is 42.5 Å². The Labute approximate surface area is 177 Å². The number of carbonyl (C=O) groups is 1. The number of nitrogens with zero attached hydrogens (tertiary/aromatic N) is 2. The third kappa shape index (κ3) is 2.73. The molecule has 0 spiro atoms. The molecule has 1 amide bonds. The van der Waals surface area contributed by atoms with Gasteiger partial charge in [-0.1, -0.05) is 23.7 Å². The van der Waals surface area contributed by atoms with Crippen LogP contribution in [0.2, 0.25) is 5.02 Å². The van der Waals surface area contributed by atoms with E-state index >= 15 is 13.2 Å². The average Bonchev–Trinajstić information content (AvgIpc) is 3.48. The number of benzene rings is 1. The van der Waals surface area contributed by atoms with Gasteiger partial charge in [-0.3, -0.25) is 9.78 Å². The zero-order valence-corrected chi connectivity index (χ0v) is 17.1. The van der Waals surface area contributed by atoms with E-state index in [9.17, 15) is 4.79 Å². The molecule has 0 radical (unpaired) electrons. The predicted octanol–water partition coefficient (Wildman–Crippen LogP) is 5.05. The van der Waals surface area contributed by atoms with Crippen molar-refractivity contribution in [1.82, 2.24) is 9.88 Å². The van der Waals surface area contributed by atoms with E-state index in [1.54, 1.807) is 42.3 Å². The van der Waals surface area contributed by atoms with Gasteiger partial charge in [0.15, 0.2) is 0 Å². The van der Waals surface area contributed by atoms with E-state index < -0.39 is 11.6 Å². The Bertz CT molecular complexity index is 1070. The zero-order chi connectivity index (χ0) is 21.3. The zero-order valence-electron chi connectivity index (χ0n) is 16.3. The standard InChI is InChI=1S/C23H20ClF3N2O/c1-29-9-7-18-20(21(29)30)17-11-16(17)15-6-5-13(24)10-19(15)22(18,23(25,26)27)12-14-4-2-3-8-28-14/h2-6,8,10,16-17H,7,9,11-12H2,1H3. The van der Waals surface area contributed by atoms with Gasteiger partial charge in [0.1, 0.15) is 5.41 Å². The van der Waals surface area contributed by atoms with Crippen LogP contribution in [0.4, 0.5) is 13.2 Å². The monoisotopic (exact) mass is 432 g/mol. The number of alkyl halides is 3. The third-order valence-electron chi connectivity index (χ3n) is 6.81. The minimum Gasteiger partial charge on any atom is -0.342 e. The molecule has 0 N–H and O–H groups in total. The highest BCUT2D eigenvalue weighted by atomic mass is 35.5. The van der Waals surface area contributed by atoms with Crippen LogP contribution in [0.3, 0.4) is 0 Å². The Morgan fingerprint density at radius 1 is 1.23 bits per heavy atom. The molecule has 1 aromatic carbocycles. The lowest BCUT2D eigenvalue weighted by Crippen LogP contribution is -2.50. The number of aromatic nitrogens is 1. The summed E-state index contributed by atoms with van der Waals surface area (Å²) in [6.45, 7) is 0.269. The van der Waals surface area contributed by atoms with Crippen LogP contribution in [0, 0.1) is 5.92 Å². The summed E-state index contributed by atoms with van der Waals surface area (Å²) >= 11 is 6.22. The van der Waals surface area contributed by atoms with Crippen LogP contribution in [0.5, 0.6) is 0 Å². The molecule has 156 valence electrons. The van der Waals surface area contributed by atoms with E-state index in [-0.39, 0.29) is 53.3 Å². The van der Waals surface area contributed by atoms with E-state index in [2.05, 4.69) is 4.98 Å². The number of fused-ring (bicyclic) bond motifs is 4. The van der Waals surface area contributed by atoms with E-state index in [1.165, 1.54) is 12.3 Å². The van der Waals surface area contributed by atoms with Crippen molar-refractivity contribution in [3.05, 3.63) is 75.6 Å². The van der Waals surface area contributed by atoms with Gasteiger partial charge in [-0.15, -0.1) is 0 Å². The normalized spacial score (nSPS) is 27.9. The molecule has 3 unspecified atom stereocenters. The number of amides is 1. The molecule has 3 aliphatic rings. The Hall–Kier alpha value is -2.34. The summed E-state index contributed by atoms with van der Waals surface area (Å²) < 4.78 is 45.5. The number of likely N-dealkylation sites (N-methyl/N-ethyl adjacent to an activating group) is 1. The van der Waals surface area contributed by atoms with Gasteiger partial charge in [-0.2, -0.15) is 13.2 Å². The number of rotatable bonds is 2. The van der Waals surface area contributed by atoms with Crippen LogP contribution >= 0.6 is 11.6 Å². The van der Waals surface area contributed by atoms with Crippen LogP contribution in [0.15, 0.2) is 53.7 Å². The lowest BCUT2D eigenvalue weighted by atomic mass is 9.66. The highest BCUT2D eigenvalue weighted by Crippen LogP contribution is 2.64. The van der Waals surface area contributed by atoms with Gasteiger partial charge >= 0.3 is 6.18 Å². The van der Waals surface area contributed by atoms with Crippen molar-refractivity contribution in [2.45, 2.75) is 36.8 Å². The fourth-order valence-corrected chi connectivity index (χ4v) is 5.49. The average molecular weight is 433 g/mol. The first-order valence-electron chi connectivity index (χ1n) is 9.99. The first-order valence-corrected chi connectivity index (χ1v) is 10.4. The van der Waals surface area contributed by atoms with Gasteiger partial charge in [0.2, 0.25) is 5.91 Å². The van der Waals surface area contributed by atoms with Crippen LogP contribution in [0.1, 0.15) is 35.6 Å². The molecule has 1 aromatic heterocycles. The molecule has 1 aliphatic heterocycles. The quantitative estimate of drug-likeness (QED) is 0.665. The minimum absolute atomic E-state index is 0.0781. The van der Waals surface area contributed by atoms with Crippen molar-refractivity contribution in [2.24, 2.45) is 5.92 Å². The Morgan fingerprint density at radius 3 is 2.73 bits per heavy atom. The molecule has 2 aromatic rings. The second kappa shape index (κ2) is 6.58. The molecule has 7 heteroatoms. The number of hydrogen-bond acceptors (Lipinski definition) is 2. The van der Waals surface area contributed by atoms with Crippen molar-refractivity contribution in [3.63, 3.8) is 0 Å². The topological polar surface area (TPSA) is 33.2 Å². The van der Waals surface area contributed by atoms with Gasteiger partial charge in [-0.25, -0.2) is 0 Å². The molecule has 3 nitrogen and oxygen atoms in total. The fourth-order valence-electron chi connectivity index (χ4n) is 5.32. The maximum Gasteiger partial charge on any atom is 0.402 e. The van der Waals surface area contributed by atoms with Crippen LogP contribution in [0.25, 0.3) is 0 Å². The molecule has 1 saturated carbocycles. The van der Waals surface area contributed by atoms with E-state index in [0.717, 1.165) is 0 Å². The molecular weight excluding hydrogens is 413 g/mol. The van der Waals surface area contributed by atoms with E-state index in [4.69, 9.17) is 11.6 Å². The maximum atomic E-state index is 15.2. The van der Waals surface area contributed by atoms with Crippen molar-refractivity contribution >= 4 is 17.5 Å². The highest BCUT2D eigenvalue weighted by molar-refractivity contribution is 6.30. The van der Waals surface area contributed by atoms with Crippen LogP contribution < -0.4 is 0 Å². The summed E-state index contributed by atoms with van der Waals surface area (Å²) in [5.74, 6) is -0.522. The number of halogens is 4. The summed E-state index contributed by atoms with van der Waals surface area (Å²) in [4.78, 5) is 18.8. The van der Waals surface area contributed by atoms with E-state index in [0.29, 0.717) is 23.3 Å². The maximum absolute atomic E-state index is 15.2. The molecule has 1 fully saturated rings. The summed E-state index contributed by atoms with van der Waals surface area (Å²) in [6.07, 6.45) is -2.57. The summed E-state index contributed by atoms with van der Waals surface area (Å²) in [6, 6.07) is 9.81. The molecular formula is C23H20ClF3N2O. The molecule has 30 heavy (non-hydrogen) atoms. The minimum atomic E-state index is -4.61. The summed E-state index contributed by atoms with van der Waals surface area (Å²) in [5.41, 5.74) is -0.576. The first kappa shape index (κ1) is 19.6. The SMILES string of the molecule is CN1CCC2=C(C1=O)C1CC1c1ccc(Cl)cc1C2(Cc1ccccn1)C(F)(F)F. The second-order valence-electron chi connectivity index (χ2n) is 8.45. The molecule has 5 rings (SSSR count). The molecule has 2 heterocycles. The van der Waals surface area contributed by atoms with Gasteiger partial charge in [0.25, 0.3) is 0 Å². The Kier molecular flexibility index (Phi) is 4.30. The highest BCUT2D eigenvalue weighted by Gasteiger charge is 2.64. The smallest absolute Gasteiger partial charge is 0.342 e. The lowest BCUT2D eigenvalue weighted by molar-refractivity contribution is -0.181. The van der Waals surface area contributed by atoms with Crippen molar-refractivity contribution in [1.29, 1.82) is 0 Å². The number of hydrogen-bond donors (Lipinski definition) is 0. The van der Waals surface area contributed by atoms with Crippen molar-refractivity contribution in [2.75, 3.05) is 13.6 Å². The first-order chi connectivity index (χ1) is 14.2. The Morgan fingerprint density at radius 2 is 2.03 bits per heavy atom. The van der Waals surface area contributed by atoms with E-state index in [1.807, 2.05) is 0 Å². The van der Waals surface area contributed by atoms with Crippen LogP contribution in [-0.4, -0.2) is 35.6 Å². The van der Waals surface area contributed by atoms with Gasteiger partial charge in [-0.05, 0) is 65.6 Å². The molecule has 2 aliphatic carbocycles.